The first kappa shape index (κ1) is 13.8. The van der Waals surface area contributed by atoms with E-state index in [-0.39, 0.29) is 24.8 Å². The van der Waals surface area contributed by atoms with Crippen molar-refractivity contribution in [2.24, 2.45) is 0 Å². The fourth-order valence-electron chi connectivity index (χ4n) is 2.66. The standard InChI is InChI=1S/C12H16N2.2ClH/c1-2-4-10(5-3-1)8-14-9-11-6-12(14)7-13-11;;/h1-5,11-13H,6-9H2;2*1H/t11?,12-;;/m0../s1. The van der Waals surface area contributed by atoms with E-state index >= 15 is 0 Å². The smallest absolute Gasteiger partial charge is 0.0240 e. The highest BCUT2D eigenvalue weighted by atomic mass is 35.5. The van der Waals surface area contributed by atoms with E-state index in [9.17, 15) is 0 Å². The predicted octanol–water partition coefficient (Wildman–Crippen LogP) is 2.08. The van der Waals surface area contributed by atoms with Gasteiger partial charge < -0.3 is 5.32 Å². The number of rotatable bonds is 2. The van der Waals surface area contributed by atoms with Gasteiger partial charge in [-0.15, -0.1) is 24.8 Å². The summed E-state index contributed by atoms with van der Waals surface area (Å²) in [5.74, 6) is 0. The van der Waals surface area contributed by atoms with E-state index in [1.807, 2.05) is 0 Å². The van der Waals surface area contributed by atoms with Crippen LogP contribution in [-0.4, -0.2) is 30.1 Å². The van der Waals surface area contributed by atoms with Crippen LogP contribution in [0.3, 0.4) is 0 Å². The van der Waals surface area contributed by atoms with Crippen molar-refractivity contribution in [1.29, 1.82) is 0 Å². The molecule has 16 heavy (non-hydrogen) atoms. The zero-order valence-electron chi connectivity index (χ0n) is 9.13. The fraction of sp³-hybridized carbons (Fsp3) is 0.500. The number of hydrogen-bond acceptors (Lipinski definition) is 2. The number of nitrogens with one attached hydrogen (secondary N) is 1. The molecule has 2 fully saturated rings. The first-order valence-corrected chi connectivity index (χ1v) is 5.43. The molecule has 2 nitrogen and oxygen atoms in total. The summed E-state index contributed by atoms with van der Waals surface area (Å²) < 4.78 is 0. The monoisotopic (exact) mass is 260 g/mol. The number of likely N-dealkylation sites (tertiary alicyclic amines) is 1. The van der Waals surface area contributed by atoms with Crippen molar-refractivity contribution in [1.82, 2.24) is 10.2 Å². The molecule has 2 aliphatic heterocycles. The second-order valence-corrected chi connectivity index (χ2v) is 4.41. The molecule has 0 radical (unpaired) electrons. The van der Waals surface area contributed by atoms with Crippen LogP contribution in [0.25, 0.3) is 0 Å². The number of nitrogens with zero attached hydrogens (tertiary/aromatic N) is 1. The van der Waals surface area contributed by atoms with E-state index in [1.165, 1.54) is 25.1 Å². The van der Waals surface area contributed by atoms with E-state index < -0.39 is 0 Å². The maximum absolute atomic E-state index is 3.53. The number of piperazine rings is 1. The molecule has 0 aromatic heterocycles. The maximum atomic E-state index is 3.53. The topological polar surface area (TPSA) is 15.3 Å². The lowest BCUT2D eigenvalue weighted by Gasteiger charge is -2.27. The number of fused-ring (bicyclic) bond motifs is 2. The van der Waals surface area contributed by atoms with Gasteiger partial charge in [-0.1, -0.05) is 30.3 Å². The minimum absolute atomic E-state index is 0. The number of benzene rings is 1. The molecule has 0 spiro atoms. The molecule has 0 aliphatic carbocycles. The highest BCUT2D eigenvalue weighted by molar-refractivity contribution is 5.85. The lowest BCUT2D eigenvalue weighted by molar-refractivity contribution is 0.218. The summed E-state index contributed by atoms with van der Waals surface area (Å²) in [4.78, 5) is 2.61. The minimum Gasteiger partial charge on any atom is -0.311 e. The summed E-state index contributed by atoms with van der Waals surface area (Å²) >= 11 is 0. The molecule has 1 aromatic carbocycles. The lowest BCUT2D eigenvalue weighted by Crippen LogP contribution is -2.42. The highest BCUT2D eigenvalue weighted by Gasteiger charge is 2.36. The second kappa shape index (κ2) is 5.87. The van der Waals surface area contributed by atoms with Gasteiger partial charge in [-0.25, -0.2) is 0 Å². The Morgan fingerprint density at radius 1 is 1.19 bits per heavy atom. The van der Waals surface area contributed by atoms with Gasteiger partial charge >= 0.3 is 0 Å². The van der Waals surface area contributed by atoms with Crippen LogP contribution >= 0.6 is 24.8 Å². The Labute approximate surface area is 109 Å². The van der Waals surface area contributed by atoms with Crippen molar-refractivity contribution in [3.63, 3.8) is 0 Å². The summed E-state index contributed by atoms with van der Waals surface area (Å²) in [5.41, 5.74) is 1.44. The largest absolute Gasteiger partial charge is 0.311 e. The van der Waals surface area contributed by atoms with Crippen LogP contribution in [0.2, 0.25) is 0 Å². The Balaban J connectivity index is 0.000000640. The Morgan fingerprint density at radius 2 is 1.94 bits per heavy atom. The Morgan fingerprint density at radius 3 is 2.50 bits per heavy atom. The maximum Gasteiger partial charge on any atom is 0.0240 e. The van der Waals surface area contributed by atoms with Gasteiger partial charge in [-0.3, -0.25) is 4.90 Å². The van der Waals surface area contributed by atoms with Crippen LogP contribution in [0.4, 0.5) is 0 Å². The molecule has 2 aliphatic rings. The Hall–Kier alpha value is -0.280. The van der Waals surface area contributed by atoms with Crippen molar-refractivity contribution in [2.45, 2.75) is 25.0 Å². The molecule has 4 heteroatoms. The molecule has 2 atom stereocenters. The van der Waals surface area contributed by atoms with Crippen molar-refractivity contribution < 1.29 is 0 Å². The van der Waals surface area contributed by atoms with E-state index in [4.69, 9.17) is 0 Å². The molecule has 2 heterocycles. The highest BCUT2D eigenvalue weighted by Crippen LogP contribution is 2.24. The van der Waals surface area contributed by atoms with Gasteiger partial charge in [0.05, 0.1) is 0 Å². The van der Waals surface area contributed by atoms with Crippen molar-refractivity contribution in [2.75, 3.05) is 13.1 Å². The summed E-state index contributed by atoms with van der Waals surface area (Å²) in [5, 5.41) is 3.53. The number of halogens is 2. The zero-order valence-corrected chi connectivity index (χ0v) is 10.8. The van der Waals surface area contributed by atoms with Crippen LogP contribution in [-0.2, 0) is 6.54 Å². The molecule has 2 saturated heterocycles. The number of hydrogen-bond donors (Lipinski definition) is 1. The summed E-state index contributed by atoms with van der Waals surface area (Å²) in [6, 6.07) is 12.3. The minimum atomic E-state index is 0. The Kier molecular flexibility index (Phi) is 5.06. The van der Waals surface area contributed by atoms with E-state index in [0.29, 0.717) is 0 Å². The van der Waals surface area contributed by atoms with E-state index in [1.54, 1.807) is 0 Å². The van der Waals surface area contributed by atoms with Gasteiger partial charge in [0.25, 0.3) is 0 Å². The molecule has 0 amide bonds. The summed E-state index contributed by atoms with van der Waals surface area (Å²) in [7, 11) is 0. The molecule has 1 N–H and O–H groups in total. The third-order valence-corrected chi connectivity index (χ3v) is 3.40. The van der Waals surface area contributed by atoms with Crippen molar-refractivity contribution in [3.05, 3.63) is 35.9 Å². The third kappa shape index (κ3) is 2.69. The van der Waals surface area contributed by atoms with Crippen LogP contribution < -0.4 is 5.32 Å². The fourth-order valence-corrected chi connectivity index (χ4v) is 2.66. The first-order valence-electron chi connectivity index (χ1n) is 5.43. The molecule has 3 rings (SSSR count). The van der Waals surface area contributed by atoms with Gasteiger partial charge in [0.1, 0.15) is 0 Å². The average Bonchev–Trinajstić information content (AvgIpc) is 2.81. The van der Waals surface area contributed by atoms with Crippen LogP contribution in [0.15, 0.2) is 30.3 Å². The predicted molar refractivity (Wildman–Crippen MR) is 71.5 cm³/mol. The van der Waals surface area contributed by atoms with Gasteiger partial charge in [-0.2, -0.15) is 0 Å². The molecule has 90 valence electrons. The van der Waals surface area contributed by atoms with Crippen LogP contribution in [0.1, 0.15) is 12.0 Å². The van der Waals surface area contributed by atoms with Gasteiger partial charge in [0.15, 0.2) is 0 Å². The lowest BCUT2D eigenvalue weighted by atomic mass is 10.2. The van der Waals surface area contributed by atoms with Crippen LogP contribution in [0, 0.1) is 0 Å². The molecule has 2 bridgehead atoms. The van der Waals surface area contributed by atoms with E-state index in [0.717, 1.165) is 18.6 Å². The first-order chi connectivity index (χ1) is 6.92. The normalized spacial score (nSPS) is 27.2. The van der Waals surface area contributed by atoms with Crippen LogP contribution in [0.5, 0.6) is 0 Å². The van der Waals surface area contributed by atoms with Gasteiger partial charge in [-0.05, 0) is 12.0 Å². The van der Waals surface area contributed by atoms with Gasteiger partial charge in [0.2, 0.25) is 0 Å². The molecule has 1 aromatic rings. The third-order valence-electron chi connectivity index (χ3n) is 3.40. The summed E-state index contributed by atoms with van der Waals surface area (Å²) in [6.07, 6.45) is 1.35. The molecule has 0 saturated carbocycles. The Bertz CT molecular complexity index is 318. The molecule has 1 unspecified atom stereocenters. The van der Waals surface area contributed by atoms with Gasteiger partial charge in [0, 0.05) is 31.7 Å². The average molecular weight is 261 g/mol. The van der Waals surface area contributed by atoms with Crippen molar-refractivity contribution in [3.8, 4) is 0 Å². The quantitative estimate of drug-likeness (QED) is 0.876. The SMILES string of the molecule is Cl.Cl.c1ccc(CN2CC3C[C@H]2CN3)cc1. The summed E-state index contributed by atoms with van der Waals surface area (Å²) in [6.45, 7) is 3.56. The molecular weight excluding hydrogens is 243 g/mol. The second-order valence-electron chi connectivity index (χ2n) is 4.41. The molecular formula is C12H18Cl2N2. The van der Waals surface area contributed by atoms with Crippen molar-refractivity contribution >= 4 is 24.8 Å². The van der Waals surface area contributed by atoms with E-state index in [2.05, 4.69) is 40.5 Å². The zero-order chi connectivity index (χ0) is 9.38.